The first kappa shape index (κ1) is 17.7. The maximum Gasteiger partial charge on any atom is 0.257 e. The van der Waals surface area contributed by atoms with Crippen LogP contribution < -0.4 is 20.7 Å². The summed E-state index contributed by atoms with van der Waals surface area (Å²) in [6, 6.07) is 5.18. The molecule has 2 aliphatic carbocycles. The van der Waals surface area contributed by atoms with Crippen molar-refractivity contribution in [3.8, 4) is 5.88 Å². The fourth-order valence-corrected chi connectivity index (χ4v) is 3.95. The number of nitrogens with zero attached hydrogens (tertiary/aromatic N) is 4. The van der Waals surface area contributed by atoms with E-state index in [1.165, 1.54) is 6.20 Å². The molecule has 3 heterocycles. The van der Waals surface area contributed by atoms with Crippen LogP contribution in [0.2, 0.25) is 0 Å². The van der Waals surface area contributed by atoms with Crippen molar-refractivity contribution in [2.75, 3.05) is 24.8 Å². The summed E-state index contributed by atoms with van der Waals surface area (Å²) in [6.45, 7) is 0. The summed E-state index contributed by atoms with van der Waals surface area (Å²) in [6.07, 6.45) is 4.69. The number of aromatic nitrogens is 4. The van der Waals surface area contributed by atoms with Gasteiger partial charge in [-0.2, -0.15) is 9.61 Å². The smallest absolute Gasteiger partial charge is 0.257 e. The van der Waals surface area contributed by atoms with Crippen molar-refractivity contribution >= 4 is 28.9 Å². The first-order chi connectivity index (χ1) is 14.0. The second-order valence-electron chi connectivity index (χ2n) is 7.41. The highest BCUT2D eigenvalue weighted by molar-refractivity contribution is 6.00. The first-order valence-electron chi connectivity index (χ1n) is 9.39. The van der Waals surface area contributed by atoms with Gasteiger partial charge in [-0.1, -0.05) is 0 Å². The first-order valence-corrected chi connectivity index (χ1v) is 9.39. The Labute approximate surface area is 166 Å². The predicted octanol–water partition coefficient (Wildman–Crippen LogP) is 1.17. The zero-order chi connectivity index (χ0) is 20.2. The second kappa shape index (κ2) is 6.31. The molecule has 0 saturated heterocycles. The highest BCUT2D eigenvalue weighted by Gasteiger charge is 2.67. The lowest BCUT2D eigenvalue weighted by Crippen LogP contribution is -2.52. The lowest BCUT2D eigenvalue weighted by atomic mass is 9.89. The van der Waals surface area contributed by atoms with E-state index in [4.69, 9.17) is 4.74 Å². The third-order valence-electron chi connectivity index (χ3n) is 5.75. The van der Waals surface area contributed by atoms with Gasteiger partial charge in [-0.3, -0.25) is 4.79 Å². The normalized spacial score (nSPS) is 24.4. The van der Waals surface area contributed by atoms with E-state index in [0.717, 1.165) is 12.8 Å². The zero-order valence-corrected chi connectivity index (χ0v) is 16.0. The van der Waals surface area contributed by atoms with Crippen molar-refractivity contribution in [3.63, 3.8) is 0 Å². The van der Waals surface area contributed by atoms with Crippen LogP contribution in [0.25, 0.3) is 5.65 Å². The van der Waals surface area contributed by atoms with Crippen LogP contribution in [0.4, 0.5) is 17.3 Å². The summed E-state index contributed by atoms with van der Waals surface area (Å²) in [5, 5.41) is 23.7. The van der Waals surface area contributed by atoms with Crippen LogP contribution in [-0.4, -0.2) is 56.4 Å². The van der Waals surface area contributed by atoms with Gasteiger partial charge in [0.1, 0.15) is 22.9 Å². The Kier molecular flexibility index (Phi) is 3.85. The molecule has 29 heavy (non-hydrogen) atoms. The number of carbonyl (C=O) groups is 1. The van der Waals surface area contributed by atoms with Crippen LogP contribution in [-0.2, 0) is 0 Å². The largest absolute Gasteiger partial charge is 0.480 e. The number of pyridine rings is 1. The maximum absolute atomic E-state index is 12.8. The number of nitrogens with one attached hydrogen (secondary N) is 3. The third kappa shape index (κ3) is 2.75. The molecule has 150 valence electrons. The number of hydrogen-bond acceptors (Lipinski definition) is 8. The summed E-state index contributed by atoms with van der Waals surface area (Å²) < 4.78 is 6.84. The van der Waals surface area contributed by atoms with Gasteiger partial charge in [-0.25, -0.2) is 9.97 Å². The molecule has 2 saturated carbocycles. The lowest BCUT2D eigenvalue weighted by molar-refractivity contribution is 0.0264. The highest BCUT2D eigenvalue weighted by Crippen LogP contribution is 2.59. The Hall–Kier alpha value is -3.40. The monoisotopic (exact) mass is 395 g/mol. The number of anilines is 3. The number of aliphatic hydroxyl groups is 1. The molecule has 0 radical (unpaired) electrons. The van der Waals surface area contributed by atoms with Crippen molar-refractivity contribution in [1.82, 2.24) is 24.9 Å². The Balaban J connectivity index is 1.48. The molecule has 0 spiro atoms. The fraction of sp³-hybridized carbons (Fsp3) is 0.368. The van der Waals surface area contributed by atoms with E-state index < -0.39 is 5.60 Å². The van der Waals surface area contributed by atoms with Crippen molar-refractivity contribution in [2.45, 2.75) is 24.5 Å². The number of rotatable bonds is 6. The topological polar surface area (TPSA) is 126 Å². The molecule has 0 bridgehead atoms. The van der Waals surface area contributed by atoms with E-state index >= 15 is 0 Å². The SMILES string of the molecule is CNc1cc(Nc2cccnc2OC)nc2c(C(=O)N[C@@H]3CC4C[C@]43O)cnn12. The molecule has 1 amide bonds. The minimum Gasteiger partial charge on any atom is -0.480 e. The number of methoxy groups -OCH3 is 1. The van der Waals surface area contributed by atoms with Crippen LogP contribution in [0.5, 0.6) is 5.88 Å². The lowest BCUT2D eigenvalue weighted by Gasteiger charge is -2.32. The molecule has 3 aromatic rings. The van der Waals surface area contributed by atoms with Crippen LogP contribution in [0.15, 0.2) is 30.6 Å². The number of carbonyl (C=O) groups excluding carboxylic acids is 1. The molecule has 3 aromatic heterocycles. The van der Waals surface area contributed by atoms with Gasteiger partial charge in [-0.05, 0) is 30.9 Å². The Bertz CT molecular complexity index is 1110. The third-order valence-corrected chi connectivity index (χ3v) is 5.75. The van der Waals surface area contributed by atoms with Crippen molar-refractivity contribution in [3.05, 3.63) is 36.2 Å². The molecule has 10 nitrogen and oxygen atoms in total. The molecule has 10 heteroatoms. The average molecular weight is 395 g/mol. The number of ether oxygens (including phenoxy) is 1. The summed E-state index contributed by atoms with van der Waals surface area (Å²) in [5.41, 5.74) is 0.677. The van der Waals surface area contributed by atoms with E-state index in [0.29, 0.717) is 40.3 Å². The zero-order valence-electron chi connectivity index (χ0n) is 16.0. The van der Waals surface area contributed by atoms with Gasteiger partial charge in [-0.15, -0.1) is 0 Å². The van der Waals surface area contributed by atoms with Gasteiger partial charge < -0.3 is 25.8 Å². The molecular formula is C19H21N7O3. The van der Waals surface area contributed by atoms with Crippen LogP contribution in [0, 0.1) is 5.92 Å². The molecule has 0 aromatic carbocycles. The molecule has 3 atom stereocenters. The standard InChI is InChI=1S/C19H21N7O3/c1-20-15-7-14(23-12-4-3-5-21-18(12)29-2)25-16-11(9-22-26(15)16)17(27)24-13-6-10-8-19(10,13)28/h3-5,7,9-10,13,20,28H,6,8H2,1-2H3,(H,23,25)(H,24,27)/t10?,13-,19+/m1/s1. The minimum atomic E-state index is -0.716. The molecule has 4 N–H and O–H groups in total. The maximum atomic E-state index is 12.8. The molecule has 2 fully saturated rings. The van der Waals surface area contributed by atoms with E-state index in [2.05, 4.69) is 31.0 Å². The number of hydrogen-bond donors (Lipinski definition) is 4. The van der Waals surface area contributed by atoms with Gasteiger partial charge in [0.25, 0.3) is 5.91 Å². The summed E-state index contributed by atoms with van der Waals surface area (Å²) >= 11 is 0. The number of amides is 1. The van der Waals surface area contributed by atoms with Gasteiger partial charge >= 0.3 is 0 Å². The van der Waals surface area contributed by atoms with E-state index in [9.17, 15) is 9.90 Å². The Morgan fingerprint density at radius 3 is 3.00 bits per heavy atom. The van der Waals surface area contributed by atoms with E-state index in [1.807, 2.05) is 6.07 Å². The van der Waals surface area contributed by atoms with Gasteiger partial charge in [0.15, 0.2) is 5.65 Å². The Morgan fingerprint density at radius 1 is 1.45 bits per heavy atom. The fourth-order valence-electron chi connectivity index (χ4n) is 3.95. The molecule has 2 aliphatic rings. The highest BCUT2D eigenvalue weighted by atomic mass is 16.5. The van der Waals surface area contributed by atoms with Crippen LogP contribution in [0.1, 0.15) is 23.2 Å². The molecule has 5 rings (SSSR count). The molecular weight excluding hydrogens is 374 g/mol. The van der Waals surface area contributed by atoms with Crippen LogP contribution in [0.3, 0.4) is 0 Å². The van der Waals surface area contributed by atoms with Crippen LogP contribution >= 0.6 is 0 Å². The molecule has 0 aliphatic heterocycles. The van der Waals surface area contributed by atoms with E-state index in [-0.39, 0.29) is 11.9 Å². The molecule has 1 unspecified atom stereocenters. The van der Waals surface area contributed by atoms with Gasteiger partial charge in [0.05, 0.1) is 24.9 Å². The Morgan fingerprint density at radius 2 is 2.31 bits per heavy atom. The number of fused-ring (bicyclic) bond motifs is 2. The summed E-state index contributed by atoms with van der Waals surface area (Å²) in [7, 11) is 3.31. The average Bonchev–Trinajstić information content (AvgIpc) is 3.07. The van der Waals surface area contributed by atoms with Crippen molar-refractivity contribution < 1.29 is 14.6 Å². The summed E-state index contributed by atoms with van der Waals surface area (Å²) in [4.78, 5) is 21.6. The predicted molar refractivity (Wildman–Crippen MR) is 106 cm³/mol. The quantitative estimate of drug-likeness (QED) is 0.490. The van der Waals surface area contributed by atoms with Crippen molar-refractivity contribution in [1.29, 1.82) is 0 Å². The summed E-state index contributed by atoms with van der Waals surface area (Å²) in [5.74, 6) is 1.63. The second-order valence-corrected chi connectivity index (χ2v) is 7.41. The van der Waals surface area contributed by atoms with Gasteiger partial charge in [0, 0.05) is 19.3 Å². The van der Waals surface area contributed by atoms with Gasteiger partial charge in [0.2, 0.25) is 5.88 Å². The van der Waals surface area contributed by atoms with Crippen molar-refractivity contribution in [2.24, 2.45) is 5.92 Å². The minimum absolute atomic E-state index is 0.209. The van der Waals surface area contributed by atoms with E-state index in [1.54, 1.807) is 37.0 Å².